The Kier molecular flexibility index (Phi) is 5.69. The third-order valence-electron chi connectivity index (χ3n) is 4.05. The van der Waals surface area contributed by atoms with Gasteiger partial charge in [-0.2, -0.15) is 0 Å². The average Bonchev–Trinajstić information content (AvgIpc) is 2.68. The van der Waals surface area contributed by atoms with Crippen molar-refractivity contribution in [2.24, 2.45) is 0 Å². The molecule has 0 spiro atoms. The van der Waals surface area contributed by atoms with Crippen LogP contribution in [-0.4, -0.2) is 24.2 Å². The molecule has 0 aliphatic rings. The highest BCUT2D eigenvalue weighted by atomic mass is 16.5. The highest BCUT2D eigenvalue weighted by Crippen LogP contribution is 2.20. The van der Waals surface area contributed by atoms with E-state index in [1.165, 1.54) is 0 Å². The SMILES string of the molecule is [CH2]c1ccnc(N(Cc2ccc(OC)cc2)Cc2ccc(OC)cc2)n1. The molecule has 3 rings (SSSR count). The number of benzene rings is 2. The molecule has 0 unspecified atom stereocenters. The normalized spacial score (nSPS) is 10.4. The van der Waals surface area contributed by atoms with Gasteiger partial charge in [0.15, 0.2) is 0 Å². The van der Waals surface area contributed by atoms with E-state index in [4.69, 9.17) is 9.47 Å². The van der Waals surface area contributed by atoms with Crippen LogP contribution in [0.4, 0.5) is 5.95 Å². The largest absolute Gasteiger partial charge is 0.497 e. The van der Waals surface area contributed by atoms with Gasteiger partial charge in [0.2, 0.25) is 5.95 Å². The Bertz CT molecular complexity index is 783. The van der Waals surface area contributed by atoms with Crippen LogP contribution >= 0.6 is 0 Å². The minimum Gasteiger partial charge on any atom is -0.497 e. The number of anilines is 1. The molecule has 26 heavy (non-hydrogen) atoms. The van der Waals surface area contributed by atoms with Gasteiger partial charge >= 0.3 is 0 Å². The summed E-state index contributed by atoms with van der Waals surface area (Å²) in [6, 6.07) is 17.8. The third-order valence-corrected chi connectivity index (χ3v) is 4.05. The van der Waals surface area contributed by atoms with Gasteiger partial charge in [-0.1, -0.05) is 24.3 Å². The number of hydrogen-bond acceptors (Lipinski definition) is 5. The number of rotatable bonds is 7. The van der Waals surface area contributed by atoms with Crippen LogP contribution in [0.2, 0.25) is 0 Å². The Morgan fingerprint density at radius 1 is 0.808 bits per heavy atom. The lowest BCUT2D eigenvalue weighted by Gasteiger charge is -2.23. The fourth-order valence-electron chi connectivity index (χ4n) is 2.64. The summed E-state index contributed by atoms with van der Waals surface area (Å²) in [5.41, 5.74) is 3.00. The lowest BCUT2D eigenvalue weighted by molar-refractivity contribution is 0.414. The maximum Gasteiger partial charge on any atom is 0.226 e. The summed E-state index contributed by atoms with van der Waals surface area (Å²) in [6.07, 6.45) is 1.74. The van der Waals surface area contributed by atoms with E-state index in [-0.39, 0.29) is 0 Å². The van der Waals surface area contributed by atoms with Crippen molar-refractivity contribution in [3.8, 4) is 11.5 Å². The maximum atomic E-state index is 5.23. The van der Waals surface area contributed by atoms with E-state index < -0.39 is 0 Å². The molecular weight excluding hydrogens is 326 g/mol. The molecule has 0 atom stereocenters. The second kappa shape index (κ2) is 8.34. The Balaban J connectivity index is 1.84. The summed E-state index contributed by atoms with van der Waals surface area (Å²) < 4.78 is 10.5. The Labute approximate surface area is 154 Å². The molecular formula is C21H22N3O2. The van der Waals surface area contributed by atoms with E-state index in [1.54, 1.807) is 26.5 Å². The highest BCUT2D eigenvalue weighted by Gasteiger charge is 2.12. The van der Waals surface area contributed by atoms with E-state index >= 15 is 0 Å². The summed E-state index contributed by atoms with van der Waals surface area (Å²) in [6.45, 7) is 5.27. The van der Waals surface area contributed by atoms with Crippen LogP contribution < -0.4 is 14.4 Å². The quantitative estimate of drug-likeness (QED) is 0.648. The molecule has 5 nitrogen and oxygen atoms in total. The first-order valence-electron chi connectivity index (χ1n) is 8.34. The van der Waals surface area contributed by atoms with Crippen LogP contribution in [-0.2, 0) is 13.1 Å². The predicted octanol–water partition coefficient (Wildman–Crippen LogP) is 3.88. The lowest BCUT2D eigenvalue weighted by atomic mass is 10.1. The first kappa shape index (κ1) is 17.7. The highest BCUT2D eigenvalue weighted by molar-refractivity contribution is 5.38. The van der Waals surface area contributed by atoms with E-state index in [0.29, 0.717) is 24.7 Å². The van der Waals surface area contributed by atoms with Gasteiger partial charge in [0.1, 0.15) is 11.5 Å². The molecule has 133 valence electrons. The van der Waals surface area contributed by atoms with Gasteiger partial charge in [-0.15, -0.1) is 0 Å². The second-order valence-electron chi connectivity index (χ2n) is 5.90. The van der Waals surface area contributed by atoms with Gasteiger partial charge in [0, 0.05) is 25.0 Å². The molecule has 2 aromatic carbocycles. The standard InChI is InChI=1S/C21H22N3O2/c1-16-12-13-22-21(23-16)24(14-17-4-8-19(25-2)9-5-17)15-18-6-10-20(26-3)11-7-18/h4-13H,1,14-15H2,2-3H3. The fourth-order valence-corrected chi connectivity index (χ4v) is 2.64. The number of aromatic nitrogens is 2. The molecule has 0 bridgehead atoms. The van der Waals surface area contributed by atoms with E-state index in [2.05, 4.69) is 21.8 Å². The molecule has 3 aromatic rings. The predicted molar refractivity (Wildman–Crippen MR) is 102 cm³/mol. The third kappa shape index (κ3) is 4.51. The maximum absolute atomic E-state index is 5.23. The van der Waals surface area contributed by atoms with Crippen LogP contribution in [0.3, 0.4) is 0 Å². The topological polar surface area (TPSA) is 47.5 Å². The Morgan fingerprint density at radius 3 is 1.73 bits per heavy atom. The minimum absolute atomic E-state index is 0.657. The molecule has 0 N–H and O–H groups in total. The monoisotopic (exact) mass is 348 g/mol. The zero-order valence-corrected chi connectivity index (χ0v) is 15.1. The molecule has 1 aromatic heterocycles. The van der Waals surface area contributed by atoms with Crippen molar-refractivity contribution in [3.63, 3.8) is 0 Å². The Hall–Kier alpha value is -3.08. The van der Waals surface area contributed by atoms with Crippen molar-refractivity contribution in [1.82, 2.24) is 9.97 Å². The molecule has 1 radical (unpaired) electrons. The second-order valence-corrected chi connectivity index (χ2v) is 5.90. The molecule has 0 saturated carbocycles. The molecule has 5 heteroatoms. The van der Waals surface area contributed by atoms with Crippen molar-refractivity contribution < 1.29 is 9.47 Å². The minimum atomic E-state index is 0.657. The zero-order valence-electron chi connectivity index (χ0n) is 15.1. The number of hydrogen-bond donors (Lipinski definition) is 0. The lowest BCUT2D eigenvalue weighted by Crippen LogP contribution is -2.24. The molecule has 0 saturated heterocycles. The van der Waals surface area contributed by atoms with Crippen molar-refractivity contribution in [3.05, 3.63) is 84.5 Å². The van der Waals surface area contributed by atoms with E-state index in [1.807, 2.05) is 48.5 Å². The van der Waals surface area contributed by atoms with Crippen molar-refractivity contribution in [2.75, 3.05) is 19.1 Å². The van der Waals surface area contributed by atoms with Crippen LogP contribution in [0.1, 0.15) is 16.8 Å². The molecule has 1 heterocycles. The number of nitrogens with zero attached hydrogens (tertiary/aromatic N) is 3. The smallest absolute Gasteiger partial charge is 0.226 e. The van der Waals surface area contributed by atoms with Gasteiger partial charge in [-0.05, 0) is 48.4 Å². The molecule has 0 aliphatic carbocycles. The van der Waals surface area contributed by atoms with Crippen molar-refractivity contribution in [1.29, 1.82) is 0 Å². The number of ether oxygens (including phenoxy) is 2. The fraction of sp³-hybridized carbons (Fsp3) is 0.190. The van der Waals surface area contributed by atoms with Gasteiger partial charge in [0.25, 0.3) is 0 Å². The number of methoxy groups -OCH3 is 2. The summed E-state index contributed by atoms with van der Waals surface area (Å²) in [5.74, 6) is 2.34. The zero-order chi connectivity index (χ0) is 18.4. The van der Waals surface area contributed by atoms with E-state index in [9.17, 15) is 0 Å². The van der Waals surface area contributed by atoms with Gasteiger partial charge in [-0.25, -0.2) is 9.97 Å². The Morgan fingerprint density at radius 2 is 1.31 bits per heavy atom. The molecule has 0 aliphatic heterocycles. The van der Waals surface area contributed by atoms with Crippen LogP contribution in [0.15, 0.2) is 60.8 Å². The van der Waals surface area contributed by atoms with Gasteiger partial charge in [-0.3, -0.25) is 0 Å². The first-order valence-corrected chi connectivity index (χ1v) is 8.34. The van der Waals surface area contributed by atoms with Gasteiger partial charge in [0.05, 0.1) is 14.2 Å². The van der Waals surface area contributed by atoms with Crippen LogP contribution in [0, 0.1) is 6.92 Å². The summed E-state index contributed by atoms with van der Waals surface area (Å²) >= 11 is 0. The summed E-state index contributed by atoms with van der Waals surface area (Å²) in [4.78, 5) is 11.0. The molecule has 0 fully saturated rings. The van der Waals surface area contributed by atoms with Crippen LogP contribution in [0.5, 0.6) is 11.5 Å². The first-order chi connectivity index (χ1) is 12.7. The van der Waals surface area contributed by atoms with Gasteiger partial charge < -0.3 is 14.4 Å². The van der Waals surface area contributed by atoms with Crippen LogP contribution in [0.25, 0.3) is 0 Å². The summed E-state index contributed by atoms with van der Waals surface area (Å²) in [5, 5.41) is 0. The van der Waals surface area contributed by atoms with E-state index in [0.717, 1.165) is 22.6 Å². The van der Waals surface area contributed by atoms with Crippen molar-refractivity contribution in [2.45, 2.75) is 13.1 Å². The summed E-state index contributed by atoms with van der Waals surface area (Å²) in [7, 11) is 3.33. The average molecular weight is 348 g/mol. The molecule has 0 amide bonds. The van der Waals surface area contributed by atoms with Crippen molar-refractivity contribution >= 4 is 5.95 Å².